The molecule has 16 heavy (non-hydrogen) atoms. The molecule has 1 fully saturated rings. The summed E-state index contributed by atoms with van der Waals surface area (Å²) in [5, 5.41) is 0.676. The summed E-state index contributed by atoms with van der Waals surface area (Å²) in [6.07, 6.45) is 2.79. The Balaban J connectivity index is 2.24. The first-order valence-corrected chi connectivity index (χ1v) is 5.89. The molecule has 86 valence electrons. The summed E-state index contributed by atoms with van der Waals surface area (Å²) in [4.78, 5) is 13.8. The predicted octanol–water partition coefficient (Wildman–Crippen LogP) is 2.18. The summed E-state index contributed by atoms with van der Waals surface area (Å²) in [5.74, 6) is 0.0137. The van der Waals surface area contributed by atoms with Crippen molar-refractivity contribution in [1.82, 2.24) is 0 Å². The van der Waals surface area contributed by atoms with E-state index in [1.165, 1.54) is 0 Å². The van der Waals surface area contributed by atoms with Crippen LogP contribution in [0.15, 0.2) is 24.3 Å². The number of hydrogen-bond donors (Lipinski definition) is 1. The molecule has 3 nitrogen and oxygen atoms in total. The van der Waals surface area contributed by atoms with Crippen molar-refractivity contribution in [2.45, 2.75) is 25.3 Å². The van der Waals surface area contributed by atoms with E-state index < -0.39 is 0 Å². The average Bonchev–Trinajstić information content (AvgIpc) is 2.44. The first-order valence-electron chi connectivity index (χ1n) is 5.51. The van der Waals surface area contributed by atoms with Gasteiger partial charge in [0.2, 0.25) is 5.91 Å². The second-order valence-electron chi connectivity index (χ2n) is 4.07. The van der Waals surface area contributed by atoms with E-state index in [2.05, 4.69) is 0 Å². The summed E-state index contributed by atoms with van der Waals surface area (Å²) in [6.45, 7) is 0.744. The Labute approximate surface area is 100 Å². The molecule has 0 aromatic heterocycles. The number of benzene rings is 1. The van der Waals surface area contributed by atoms with Gasteiger partial charge in [-0.1, -0.05) is 11.6 Å². The third-order valence-corrected chi connectivity index (χ3v) is 3.12. The highest BCUT2D eigenvalue weighted by molar-refractivity contribution is 6.30. The van der Waals surface area contributed by atoms with Gasteiger partial charge in [-0.2, -0.15) is 0 Å². The summed E-state index contributed by atoms with van der Waals surface area (Å²) in [6, 6.07) is 6.94. The number of hydrogen-bond acceptors (Lipinski definition) is 2. The van der Waals surface area contributed by atoms with Crippen molar-refractivity contribution in [2.75, 3.05) is 11.4 Å². The highest BCUT2D eigenvalue weighted by Crippen LogP contribution is 2.21. The number of amides is 1. The number of halogens is 1. The van der Waals surface area contributed by atoms with Gasteiger partial charge in [0.15, 0.2) is 0 Å². The lowest BCUT2D eigenvalue weighted by molar-refractivity contribution is -0.119. The predicted molar refractivity (Wildman–Crippen MR) is 65.6 cm³/mol. The van der Waals surface area contributed by atoms with Gasteiger partial charge in [0.25, 0.3) is 0 Å². The van der Waals surface area contributed by atoms with Crippen LogP contribution in [-0.2, 0) is 4.79 Å². The molecule has 4 heteroatoms. The van der Waals surface area contributed by atoms with Crippen LogP contribution >= 0.6 is 11.6 Å². The minimum absolute atomic E-state index is 0.0137. The van der Waals surface area contributed by atoms with Gasteiger partial charge in [-0.25, -0.2) is 0 Å². The molecule has 1 saturated heterocycles. The fraction of sp³-hybridized carbons (Fsp3) is 0.417. The zero-order chi connectivity index (χ0) is 11.5. The van der Waals surface area contributed by atoms with Crippen molar-refractivity contribution in [1.29, 1.82) is 0 Å². The SMILES string of the molecule is N[C@H]1CCCCN(c2ccc(Cl)cc2)C1=O. The first-order chi connectivity index (χ1) is 7.68. The number of anilines is 1. The van der Waals surface area contributed by atoms with E-state index in [-0.39, 0.29) is 11.9 Å². The third kappa shape index (κ3) is 2.36. The van der Waals surface area contributed by atoms with E-state index in [1.54, 1.807) is 17.0 Å². The van der Waals surface area contributed by atoms with Gasteiger partial charge in [0.05, 0.1) is 6.04 Å². The average molecular weight is 239 g/mol. The van der Waals surface area contributed by atoms with E-state index in [0.717, 1.165) is 31.5 Å². The number of carbonyl (C=O) groups excluding carboxylic acids is 1. The lowest BCUT2D eigenvalue weighted by Crippen LogP contribution is -2.42. The van der Waals surface area contributed by atoms with Crippen LogP contribution < -0.4 is 10.6 Å². The van der Waals surface area contributed by atoms with E-state index in [1.807, 2.05) is 12.1 Å². The molecule has 1 aromatic carbocycles. The van der Waals surface area contributed by atoms with Crippen LogP contribution in [-0.4, -0.2) is 18.5 Å². The number of rotatable bonds is 1. The maximum Gasteiger partial charge on any atom is 0.243 e. The van der Waals surface area contributed by atoms with Crippen LogP contribution in [0, 0.1) is 0 Å². The molecule has 0 aliphatic carbocycles. The fourth-order valence-electron chi connectivity index (χ4n) is 1.95. The van der Waals surface area contributed by atoms with E-state index in [9.17, 15) is 4.79 Å². The molecule has 1 amide bonds. The molecule has 2 rings (SSSR count). The monoisotopic (exact) mass is 238 g/mol. The van der Waals surface area contributed by atoms with Gasteiger partial charge in [-0.05, 0) is 43.5 Å². The molecule has 0 bridgehead atoms. The zero-order valence-corrected chi connectivity index (χ0v) is 9.78. The molecule has 1 aliphatic rings. The van der Waals surface area contributed by atoms with Crippen LogP contribution in [0.5, 0.6) is 0 Å². The molecular weight excluding hydrogens is 224 g/mol. The normalized spacial score (nSPS) is 22.0. The fourth-order valence-corrected chi connectivity index (χ4v) is 2.07. The van der Waals surface area contributed by atoms with Crippen molar-refractivity contribution >= 4 is 23.2 Å². The van der Waals surface area contributed by atoms with Crippen molar-refractivity contribution < 1.29 is 4.79 Å². The quantitative estimate of drug-likeness (QED) is 0.815. The summed E-state index contributed by atoms with van der Waals surface area (Å²) < 4.78 is 0. The van der Waals surface area contributed by atoms with Gasteiger partial charge in [-0.15, -0.1) is 0 Å². The lowest BCUT2D eigenvalue weighted by atomic mass is 10.1. The Morgan fingerprint density at radius 3 is 2.62 bits per heavy atom. The maximum absolute atomic E-state index is 12.0. The van der Waals surface area contributed by atoms with E-state index in [0.29, 0.717) is 5.02 Å². The lowest BCUT2D eigenvalue weighted by Gasteiger charge is -2.22. The molecule has 1 aliphatic heterocycles. The third-order valence-electron chi connectivity index (χ3n) is 2.87. The highest BCUT2D eigenvalue weighted by Gasteiger charge is 2.24. The van der Waals surface area contributed by atoms with Crippen LogP contribution in [0.4, 0.5) is 5.69 Å². The molecule has 2 N–H and O–H groups in total. The van der Waals surface area contributed by atoms with Gasteiger partial charge in [0, 0.05) is 17.3 Å². The van der Waals surface area contributed by atoms with E-state index in [4.69, 9.17) is 17.3 Å². The Hall–Kier alpha value is -1.06. The van der Waals surface area contributed by atoms with Gasteiger partial charge in [0.1, 0.15) is 0 Å². The molecule has 1 heterocycles. The van der Waals surface area contributed by atoms with E-state index >= 15 is 0 Å². The van der Waals surface area contributed by atoms with Gasteiger partial charge in [-0.3, -0.25) is 4.79 Å². The molecular formula is C12H15ClN2O. The first kappa shape index (κ1) is 11.4. The minimum atomic E-state index is -0.363. The van der Waals surface area contributed by atoms with Gasteiger partial charge < -0.3 is 10.6 Å². The molecule has 0 unspecified atom stereocenters. The van der Waals surface area contributed by atoms with Gasteiger partial charge >= 0.3 is 0 Å². The molecule has 1 aromatic rings. The summed E-state index contributed by atoms with van der Waals surface area (Å²) >= 11 is 5.82. The van der Waals surface area contributed by atoms with Crippen LogP contribution in [0.25, 0.3) is 0 Å². The number of nitrogens with zero attached hydrogens (tertiary/aromatic N) is 1. The topological polar surface area (TPSA) is 46.3 Å². The molecule has 0 radical (unpaired) electrons. The minimum Gasteiger partial charge on any atom is -0.320 e. The Kier molecular flexibility index (Phi) is 3.46. The van der Waals surface area contributed by atoms with Crippen molar-refractivity contribution in [3.8, 4) is 0 Å². The van der Waals surface area contributed by atoms with Crippen molar-refractivity contribution in [2.24, 2.45) is 5.73 Å². The van der Waals surface area contributed by atoms with Crippen LogP contribution in [0.1, 0.15) is 19.3 Å². The molecule has 0 spiro atoms. The summed E-state index contributed by atoms with van der Waals surface area (Å²) in [7, 11) is 0. The molecule has 0 saturated carbocycles. The van der Waals surface area contributed by atoms with Crippen molar-refractivity contribution in [3.05, 3.63) is 29.3 Å². The number of carbonyl (C=O) groups is 1. The molecule has 1 atom stereocenters. The zero-order valence-electron chi connectivity index (χ0n) is 9.03. The second kappa shape index (κ2) is 4.85. The maximum atomic E-state index is 12.0. The van der Waals surface area contributed by atoms with Crippen LogP contribution in [0.3, 0.4) is 0 Å². The summed E-state index contributed by atoms with van der Waals surface area (Å²) in [5.41, 5.74) is 6.70. The largest absolute Gasteiger partial charge is 0.320 e. The Bertz CT molecular complexity index is 377. The standard InChI is InChI=1S/C12H15ClN2O/c13-9-4-6-10(7-5-9)15-8-2-1-3-11(14)12(15)16/h4-7,11H,1-3,8,14H2/t11-/m0/s1. The second-order valence-corrected chi connectivity index (χ2v) is 4.51. The highest BCUT2D eigenvalue weighted by atomic mass is 35.5. The Morgan fingerprint density at radius 1 is 1.25 bits per heavy atom. The van der Waals surface area contributed by atoms with Crippen LogP contribution in [0.2, 0.25) is 5.02 Å². The Morgan fingerprint density at radius 2 is 1.94 bits per heavy atom. The van der Waals surface area contributed by atoms with Crippen molar-refractivity contribution in [3.63, 3.8) is 0 Å². The smallest absolute Gasteiger partial charge is 0.243 e. The number of nitrogens with two attached hydrogens (primary N) is 1.